The number of nitro groups is 1. The summed E-state index contributed by atoms with van der Waals surface area (Å²) in [7, 11) is 1.99. The number of non-ortho nitro benzene ring substituents is 1. The molecule has 1 fully saturated rings. The van der Waals surface area contributed by atoms with Crippen LogP contribution in [0, 0.1) is 15.9 Å². The molecule has 5 rings (SSSR count). The smallest absolute Gasteiger partial charge is 0.275 e. The maximum Gasteiger partial charge on any atom is 0.275 e. The van der Waals surface area contributed by atoms with E-state index in [0.717, 1.165) is 31.3 Å². The van der Waals surface area contributed by atoms with Crippen LogP contribution >= 0.6 is 0 Å². The Balaban J connectivity index is 1.46. The van der Waals surface area contributed by atoms with Crippen molar-refractivity contribution >= 4 is 34.1 Å². The van der Waals surface area contributed by atoms with Gasteiger partial charge in [-0.15, -0.1) is 0 Å². The van der Waals surface area contributed by atoms with Crippen LogP contribution in [0.3, 0.4) is 0 Å². The lowest BCUT2D eigenvalue weighted by Crippen LogP contribution is -2.45. The van der Waals surface area contributed by atoms with Crippen LogP contribution < -0.4 is 25.9 Å². The molecule has 13 heteroatoms. The van der Waals surface area contributed by atoms with Gasteiger partial charge in [-0.05, 0) is 32.2 Å². The van der Waals surface area contributed by atoms with Crippen LogP contribution in [0.15, 0.2) is 41.3 Å². The number of hydrogen-bond acceptors (Lipinski definition) is 8. The normalized spacial score (nSPS) is 17.1. The van der Waals surface area contributed by atoms with Gasteiger partial charge in [-0.1, -0.05) is 0 Å². The van der Waals surface area contributed by atoms with Crippen molar-refractivity contribution in [2.75, 3.05) is 44.7 Å². The third kappa shape index (κ3) is 4.41. The van der Waals surface area contributed by atoms with Crippen molar-refractivity contribution in [3.8, 4) is 5.75 Å². The van der Waals surface area contributed by atoms with Crippen molar-refractivity contribution in [3.05, 3.63) is 73.8 Å². The number of nitro benzene ring substituents is 1. The Labute approximate surface area is 215 Å². The molecule has 0 unspecified atom stereocenters. The molecule has 38 heavy (non-hydrogen) atoms. The first kappa shape index (κ1) is 25.1. The molecule has 2 N–H and O–H groups in total. The SMILES string of the molecule is C[C@H]1COc2c(N3CCN(C)CC3)c(F)cc3c(=O)c(C(=O)NNC(=O)c4ccc([N+](=O)[O-])cc4)cn1c23. The fourth-order valence-electron chi connectivity index (χ4n) is 4.69. The molecule has 2 amide bonds. The van der Waals surface area contributed by atoms with Crippen LogP contribution in [0.5, 0.6) is 5.75 Å². The molecule has 0 bridgehead atoms. The summed E-state index contributed by atoms with van der Waals surface area (Å²) >= 11 is 0. The zero-order chi connectivity index (χ0) is 27.1. The molecule has 0 saturated carbocycles. The first-order chi connectivity index (χ1) is 18.2. The molecule has 0 radical (unpaired) electrons. The summed E-state index contributed by atoms with van der Waals surface area (Å²) in [5.74, 6) is -1.96. The van der Waals surface area contributed by atoms with E-state index >= 15 is 4.39 Å². The van der Waals surface area contributed by atoms with Crippen molar-refractivity contribution < 1.29 is 23.6 Å². The van der Waals surface area contributed by atoms with Gasteiger partial charge in [0.05, 0.1) is 21.9 Å². The van der Waals surface area contributed by atoms with Gasteiger partial charge in [-0.25, -0.2) is 4.39 Å². The number of carbonyl (C=O) groups is 2. The highest BCUT2D eigenvalue weighted by molar-refractivity contribution is 6.02. The monoisotopic (exact) mass is 524 g/mol. The predicted octanol–water partition coefficient (Wildman–Crippen LogP) is 1.83. The number of pyridine rings is 1. The maximum atomic E-state index is 15.5. The van der Waals surface area contributed by atoms with Crippen LogP contribution in [-0.2, 0) is 0 Å². The first-order valence-corrected chi connectivity index (χ1v) is 12.0. The van der Waals surface area contributed by atoms with Crippen molar-refractivity contribution in [1.82, 2.24) is 20.3 Å². The Hall–Kier alpha value is -4.52. The minimum atomic E-state index is -0.889. The molecule has 2 aromatic carbocycles. The number of hydrazine groups is 1. The molecule has 3 aromatic rings. The second-order valence-electron chi connectivity index (χ2n) is 9.37. The summed E-state index contributed by atoms with van der Waals surface area (Å²) in [6, 6.07) is 5.67. The molecule has 2 aliphatic heterocycles. The molecule has 12 nitrogen and oxygen atoms in total. The van der Waals surface area contributed by atoms with E-state index in [-0.39, 0.29) is 40.6 Å². The Morgan fingerprint density at radius 2 is 1.76 bits per heavy atom. The number of benzene rings is 2. The van der Waals surface area contributed by atoms with Crippen molar-refractivity contribution in [1.29, 1.82) is 0 Å². The van der Waals surface area contributed by atoms with Crippen molar-refractivity contribution in [2.24, 2.45) is 0 Å². The van der Waals surface area contributed by atoms with E-state index in [9.17, 15) is 24.5 Å². The van der Waals surface area contributed by atoms with Gasteiger partial charge in [-0.2, -0.15) is 0 Å². The summed E-state index contributed by atoms with van der Waals surface area (Å²) in [4.78, 5) is 52.9. The van der Waals surface area contributed by atoms with E-state index in [1.54, 1.807) is 4.57 Å². The van der Waals surface area contributed by atoms with Gasteiger partial charge >= 0.3 is 0 Å². The number of rotatable bonds is 4. The number of amides is 2. The predicted molar refractivity (Wildman–Crippen MR) is 136 cm³/mol. The van der Waals surface area contributed by atoms with Crippen molar-refractivity contribution in [3.63, 3.8) is 0 Å². The molecule has 1 atom stereocenters. The van der Waals surface area contributed by atoms with Gasteiger partial charge in [0.1, 0.15) is 17.9 Å². The Morgan fingerprint density at radius 1 is 1.11 bits per heavy atom. The van der Waals surface area contributed by atoms with Crippen LogP contribution in [0.2, 0.25) is 0 Å². The molecular weight excluding hydrogens is 499 g/mol. The highest BCUT2D eigenvalue weighted by atomic mass is 19.1. The number of nitrogens with zero attached hydrogens (tertiary/aromatic N) is 4. The first-order valence-electron chi connectivity index (χ1n) is 12.0. The van der Waals surface area contributed by atoms with E-state index < -0.39 is 28.0 Å². The lowest BCUT2D eigenvalue weighted by molar-refractivity contribution is -0.384. The van der Waals surface area contributed by atoms with Gasteiger partial charge < -0.3 is 19.1 Å². The number of nitrogens with one attached hydrogen (secondary N) is 2. The summed E-state index contributed by atoms with van der Waals surface area (Å²) in [6.45, 7) is 4.78. The summed E-state index contributed by atoms with van der Waals surface area (Å²) in [5, 5.41) is 10.8. The number of piperazine rings is 1. The largest absolute Gasteiger partial charge is 0.487 e. The molecule has 2 aliphatic rings. The molecule has 3 heterocycles. The van der Waals surface area contributed by atoms with E-state index in [4.69, 9.17) is 4.74 Å². The lowest BCUT2D eigenvalue weighted by Gasteiger charge is -2.37. The van der Waals surface area contributed by atoms with Crippen LogP contribution in [-0.4, -0.2) is 66.0 Å². The van der Waals surface area contributed by atoms with Gasteiger partial charge in [0.15, 0.2) is 11.6 Å². The third-order valence-corrected chi connectivity index (χ3v) is 6.84. The molecule has 1 saturated heterocycles. The minimum absolute atomic E-state index is 0.00345. The quantitative estimate of drug-likeness (QED) is 0.389. The molecular formula is C25H25FN6O6. The highest BCUT2D eigenvalue weighted by Crippen LogP contribution is 2.42. The minimum Gasteiger partial charge on any atom is -0.487 e. The van der Waals surface area contributed by atoms with Crippen LogP contribution in [0.25, 0.3) is 10.9 Å². The van der Waals surface area contributed by atoms with Gasteiger partial charge in [-0.3, -0.25) is 35.3 Å². The van der Waals surface area contributed by atoms with Crippen LogP contribution in [0.4, 0.5) is 15.8 Å². The number of hydrogen-bond donors (Lipinski definition) is 2. The zero-order valence-electron chi connectivity index (χ0n) is 20.7. The number of aromatic nitrogens is 1. The lowest BCUT2D eigenvalue weighted by atomic mass is 10.0. The molecule has 198 valence electrons. The number of halogens is 1. The van der Waals surface area contributed by atoms with E-state index in [1.165, 1.54) is 18.3 Å². The molecule has 0 spiro atoms. The Kier molecular flexibility index (Phi) is 6.45. The highest BCUT2D eigenvalue weighted by Gasteiger charge is 2.31. The van der Waals surface area contributed by atoms with E-state index in [0.29, 0.717) is 24.3 Å². The van der Waals surface area contributed by atoms with E-state index in [2.05, 4.69) is 15.8 Å². The molecule has 0 aliphatic carbocycles. The van der Waals surface area contributed by atoms with E-state index in [1.807, 2.05) is 18.9 Å². The summed E-state index contributed by atoms with van der Waals surface area (Å²) in [5.41, 5.74) is 3.99. The fourth-order valence-corrected chi connectivity index (χ4v) is 4.69. The standard InChI is InChI=1S/C25H25FN6O6/c1-14-13-38-23-20-17(11-19(26)21(23)30-9-7-29(2)8-10-30)22(33)18(12-31(14)20)25(35)28-27-24(34)15-3-5-16(6-4-15)32(36)37/h3-6,11-12,14H,7-10,13H2,1-2H3,(H,27,34)(H,28,35)/t14-/m0/s1. The maximum absolute atomic E-state index is 15.5. The van der Waals surface area contributed by atoms with Crippen LogP contribution in [0.1, 0.15) is 33.7 Å². The van der Waals surface area contributed by atoms with Crippen molar-refractivity contribution in [2.45, 2.75) is 13.0 Å². The number of carbonyl (C=O) groups excluding carboxylic acids is 2. The zero-order valence-corrected chi connectivity index (χ0v) is 20.7. The van der Waals surface area contributed by atoms with Gasteiger partial charge in [0.25, 0.3) is 17.5 Å². The average Bonchev–Trinajstić information content (AvgIpc) is 2.90. The average molecular weight is 525 g/mol. The Morgan fingerprint density at radius 3 is 2.42 bits per heavy atom. The number of likely N-dealkylation sites (N-methyl/N-ethyl adjacent to an activating group) is 1. The van der Waals surface area contributed by atoms with Gasteiger partial charge in [0, 0.05) is 50.1 Å². The number of ether oxygens (including phenoxy) is 1. The van der Waals surface area contributed by atoms with Gasteiger partial charge in [0.2, 0.25) is 5.43 Å². The topological polar surface area (TPSA) is 139 Å². The second kappa shape index (κ2) is 9.74. The summed E-state index contributed by atoms with van der Waals surface area (Å²) in [6.07, 6.45) is 1.39. The third-order valence-electron chi connectivity index (χ3n) is 6.84. The summed E-state index contributed by atoms with van der Waals surface area (Å²) < 4.78 is 23.1. The molecule has 1 aromatic heterocycles. The fraction of sp³-hybridized carbons (Fsp3) is 0.320. The number of anilines is 1. The Bertz CT molecular complexity index is 1510. The second-order valence-corrected chi connectivity index (χ2v) is 9.37.